The lowest BCUT2D eigenvalue weighted by Gasteiger charge is -2.29. The molecule has 6 N–H and O–H groups in total. The molecule has 0 saturated heterocycles. The molecule has 2 aromatic carbocycles. The molecule has 2 aromatic rings. The summed E-state index contributed by atoms with van der Waals surface area (Å²) >= 11 is 0. The minimum atomic E-state index is -2.06. The number of benzene rings is 2. The van der Waals surface area contributed by atoms with Crippen molar-refractivity contribution >= 4 is 0 Å². The number of hydrogen-bond donors (Lipinski definition) is 6. The summed E-state index contributed by atoms with van der Waals surface area (Å²) in [6.07, 6.45) is -8.65. The number of methoxy groups -OCH3 is 2. The zero-order valence-electron chi connectivity index (χ0n) is 19.3. The van der Waals surface area contributed by atoms with Crippen LogP contribution in [-0.4, -0.2) is 82.0 Å². The predicted molar refractivity (Wildman–Crippen MR) is 122 cm³/mol. The predicted octanol–water partition coefficient (Wildman–Crippen LogP) is 0.645. The van der Waals surface area contributed by atoms with Gasteiger partial charge in [0.2, 0.25) is 0 Å². The highest BCUT2D eigenvalue weighted by Gasteiger charge is 2.35. The van der Waals surface area contributed by atoms with Crippen molar-refractivity contribution in [1.82, 2.24) is 0 Å². The van der Waals surface area contributed by atoms with Crippen molar-refractivity contribution < 1.29 is 48.9 Å². The summed E-state index contributed by atoms with van der Waals surface area (Å²) in [7, 11) is 2.82. The van der Waals surface area contributed by atoms with E-state index in [0.29, 0.717) is 11.5 Å². The lowest BCUT2D eigenvalue weighted by atomic mass is 9.92. The number of hydrogen-bond acceptors (Lipinski definition) is 8. The van der Waals surface area contributed by atoms with Gasteiger partial charge in [-0.1, -0.05) is 0 Å². The van der Waals surface area contributed by atoms with E-state index in [0.717, 1.165) is 6.07 Å². The van der Waals surface area contributed by atoms with Gasteiger partial charge in [-0.3, -0.25) is 0 Å². The SMILES string of the molecule is COc1ccc(F)c(CC=C=C(Cc2cc(OC)ccc2F)C(O)[C@@H](O)[C@@H](O)[C@H](O)[C@@H](O)CO)c1. The molecule has 0 heterocycles. The number of halogens is 2. The minimum absolute atomic E-state index is 0.00431. The molecule has 0 radical (unpaired) electrons. The van der Waals surface area contributed by atoms with Crippen LogP contribution in [0.25, 0.3) is 0 Å². The normalized spacial score (nSPS) is 15.4. The van der Waals surface area contributed by atoms with Crippen molar-refractivity contribution in [2.45, 2.75) is 43.4 Å². The van der Waals surface area contributed by atoms with Gasteiger partial charge in [-0.05, 0) is 53.6 Å². The van der Waals surface area contributed by atoms with Gasteiger partial charge in [0.15, 0.2) is 0 Å². The van der Waals surface area contributed by atoms with E-state index in [1.165, 1.54) is 50.6 Å². The molecule has 8 nitrogen and oxygen atoms in total. The van der Waals surface area contributed by atoms with Gasteiger partial charge in [0, 0.05) is 18.4 Å². The molecule has 2 rings (SSSR count). The van der Waals surface area contributed by atoms with Gasteiger partial charge in [-0.2, -0.15) is 0 Å². The maximum atomic E-state index is 14.4. The van der Waals surface area contributed by atoms with Gasteiger partial charge in [0.1, 0.15) is 53.7 Å². The number of rotatable bonds is 12. The number of ether oxygens (including phenoxy) is 2. The molecular formula is C25H30F2O8. The molecule has 0 spiro atoms. The van der Waals surface area contributed by atoms with Crippen molar-refractivity contribution in [3.8, 4) is 11.5 Å². The molecule has 1 unspecified atom stereocenters. The zero-order chi connectivity index (χ0) is 26.1. The summed E-state index contributed by atoms with van der Waals surface area (Å²) in [6.45, 7) is -0.898. The van der Waals surface area contributed by atoms with Gasteiger partial charge in [-0.15, -0.1) is 5.73 Å². The van der Waals surface area contributed by atoms with Crippen LogP contribution in [0.1, 0.15) is 11.1 Å². The fourth-order valence-electron chi connectivity index (χ4n) is 3.32. The van der Waals surface area contributed by atoms with Gasteiger partial charge in [0.05, 0.1) is 20.8 Å². The highest BCUT2D eigenvalue weighted by atomic mass is 19.1. The van der Waals surface area contributed by atoms with Crippen molar-refractivity contribution in [3.05, 3.63) is 76.5 Å². The average molecular weight is 497 g/mol. The van der Waals surface area contributed by atoms with Gasteiger partial charge in [-0.25, -0.2) is 8.78 Å². The molecule has 35 heavy (non-hydrogen) atoms. The Morgan fingerprint density at radius 1 is 0.857 bits per heavy atom. The van der Waals surface area contributed by atoms with Crippen LogP contribution in [0.2, 0.25) is 0 Å². The molecule has 0 amide bonds. The average Bonchev–Trinajstić information content (AvgIpc) is 2.87. The van der Waals surface area contributed by atoms with Crippen LogP contribution >= 0.6 is 0 Å². The maximum absolute atomic E-state index is 14.4. The summed E-state index contributed by atoms with van der Waals surface area (Å²) in [5.74, 6) is -0.393. The standard InChI is InChI=1S/C25H30F2O8/c1-34-17-6-8-19(26)14(11-17)4-3-5-15(10-16-12-18(35-2)7-9-20(16)27)22(30)24(32)25(33)23(31)21(29)13-28/h3,6-9,11-12,21-25,28-33H,4,10,13H2,1-2H3/t5?,21-,22?,23+,24+,25-/m0/s1. The van der Waals surface area contributed by atoms with E-state index in [-0.39, 0.29) is 29.5 Å². The molecule has 0 fully saturated rings. The van der Waals surface area contributed by atoms with Crippen LogP contribution in [0.3, 0.4) is 0 Å². The Balaban J connectivity index is 2.42. The Morgan fingerprint density at radius 2 is 1.40 bits per heavy atom. The minimum Gasteiger partial charge on any atom is -0.497 e. The first-order valence-corrected chi connectivity index (χ1v) is 10.7. The second kappa shape index (κ2) is 13.3. The monoisotopic (exact) mass is 496 g/mol. The Bertz CT molecular complexity index is 1040. The maximum Gasteiger partial charge on any atom is 0.127 e. The van der Waals surface area contributed by atoms with Crippen LogP contribution in [0, 0.1) is 11.6 Å². The molecule has 0 bridgehead atoms. The van der Waals surface area contributed by atoms with E-state index < -0.39 is 48.8 Å². The van der Waals surface area contributed by atoms with Crippen LogP contribution in [0.15, 0.2) is 53.8 Å². The summed E-state index contributed by atoms with van der Waals surface area (Å²) in [5, 5.41) is 59.7. The number of aliphatic hydroxyl groups is 6. The van der Waals surface area contributed by atoms with Crippen molar-refractivity contribution in [2.24, 2.45) is 0 Å². The van der Waals surface area contributed by atoms with Gasteiger partial charge in [0.25, 0.3) is 0 Å². The van der Waals surface area contributed by atoms with E-state index in [2.05, 4.69) is 5.73 Å². The first-order valence-electron chi connectivity index (χ1n) is 10.7. The third-order valence-corrected chi connectivity index (χ3v) is 5.46. The number of aliphatic hydroxyl groups excluding tert-OH is 6. The van der Waals surface area contributed by atoms with E-state index in [1.54, 1.807) is 0 Å². The third kappa shape index (κ3) is 7.58. The molecule has 192 valence electrons. The highest BCUT2D eigenvalue weighted by Crippen LogP contribution is 2.23. The second-order valence-electron chi connectivity index (χ2n) is 7.84. The Kier molecular flexibility index (Phi) is 10.8. The van der Waals surface area contributed by atoms with Gasteiger partial charge >= 0.3 is 0 Å². The summed E-state index contributed by atoms with van der Waals surface area (Å²) < 4.78 is 38.7. The van der Waals surface area contributed by atoms with Crippen molar-refractivity contribution in [2.75, 3.05) is 20.8 Å². The van der Waals surface area contributed by atoms with E-state index in [1.807, 2.05) is 0 Å². The second-order valence-corrected chi connectivity index (χ2v) is 7.84. The Labute approximate surface area is 201 Å². The van der Waals surface area contributed by atoms with Gasteiger partial charge < -0.3 is 40.1 Å². The fourth-order valence-corrected chi connectivity index (χ4v) is 3.32. The van der Waals surface area contributed by atoms with Crippen molar-refractivity contribution in [1.29, 1.82) is 0 Å². The molecule has 0 aromatic heterocycles. The molecule has 0 aliphatic rings. The van der Waals surface area contributed by atoms with E-state index in [4.69, 9.17) is 14.6 Å². The Morgan fingerprint density at radius 3 is 1.94 bits per heavy atom. The molecule has 10 heteroatoms. The zero-order valence-corrected chi connectivity index (χ0v) is 19.3. The first-order chi connectivity index (χ1) is 16.6. The summed E-state index contributed by atoms with van der Waals surface area (Å²) in [4.78, 5) is 0. The quantitative estimate of drug-likeness (QED) is 0.236. The molecule has 5 atom stereocenters. The third-order valence-electron chi connectivity index (χ3n) is 5.46. The van der Waals surface area contributed by atoms with E-state index in [9.17, 15) is 34.3 Å². The molecule has 0 aliphatic carbocycles. The lowest BCUT2D eigenvalue weighted by Crippen LogP contribution is -2.50. The fraction of sp³-hybridized carbons (Fsp3) is 0.400. The largest absolute Gasteiger partial charge is 0.497 e. The summed E-state index contributed by atoms with van der Waals surface area (Å²) in [6, 6.07) is 8.06. The van der Waals surface area contributed by atoms with Crippen molar-refractivity contribution in [3.63, 3.8) is 0 Å². The first kappa shape index (κ1) is 28.4. The molecular weight excluding hydrogens is 466 g/mol. The van der Waals surface area contributed by atoms with Crippen LogP contribution in [0.5, 0.6) is 11.5 Å². The highest BCUT2D eigenvalue weighted by molar-refractivity contribution is 5.34. The summed E-state index contributed by atoms with van der Waals surface area (Å²) in [5.41, 5.74) is 2.95. The van der Waals surface area contributed by atoms with Crippen LogP contribution in [0.4, 0.5) is 8.78 Å². The molecule has 0 saturated carbocycles. The Hall–Kier alpha value is -2.82. The van der Waals surface area contributed by atoms with Crippen LogP contribution in [-0.2, 0) is 12.8 Å². The lowest BCUT2D eigenvalue weighted by molar-refractivity contribution is -0.134. The van der Waals surface area contributed by atoms with E-state index >= 15 is 0 Å². The molecule has 0 aliphatic heterocycles. The smallest absolute Gasteiger partial charge is 0.127 e. The topological polar surface area (TPSA) is 140 Å². The van der Waals surface area contributed by atoms with Crippen LogP contribution < -0.4 is 9.47 Å².